The normalized spacial score (nSPS) is 10.9. The Morgan fingerprint density at radius 3 is 2.57 bits per heavy atom. The third-order valence-corrected chi connectivity index (χ3v) is 2.22. The zero-order valence-electron chi connectivity index (χ0n) is 9.00. The van der Waals surface area contributed by atoms with Gasteiger partial charge < -0.3 is 10.5 Å². The highest BCUT2D eigenvalue weighted by molar-refractivity contribution is 5.57. The van der Waals surface area contributed by atoms with Crippen LogP contribution in [0.5, 0.6) is 5.75 Å². The van der Waals surface area contributed by atoms with E-state index in [0.717, 1.165) is 11.3 Å². The van der Waals surface area contributed by atoms with Crippen LogP contribution in [0.25, 0.3) is 6.08 Å². The average molecular weight is 191 g/mol. The molecule has 0 aliphatic heterocycles. The van der Waals surface area contributed by atoms with Crippen molar-refractivity contribution >= 4 is 6.08 Å². The molecule has 0 fully saturated rings. The van der Waals surface area contributed by atoms with Crippen molar-refractivity contribution < 1.29 is 4.74 Å². The lowest BCUT2D eigenvalue weighted by molar-refractivity contribution is 0.411. The van der Waals surface area contributed by atoms with E-state index in [0.29, 0.717) is 6.54 Å². The zero-order valence-corrected chi connectivity index (χ0v) is 9.00. The smallest absolute Gasteiger partial charge is 0.122 e. The lowest BCUT2D eigenvalue weighted by Gasteiger charge is -2.08. The molecule has 0 atom stereocenters. The number of rotatable bonds is 3. The summed E-state index contributed by atoms with van der Waals surface area (Å²) in [5.74, 6) is 0.937. The van der Waals surface area contributed by atoms with E-state index in [2.05, 4.69) is 13.0 Å². The molecule has 0 saturated carbocycles. The van der Waals surface area contributed by atoms with Gasteiger partial charge in [-0.25, -0.2) is 0 Å². The van der Waals surface area contributed by atoms with Crippen LogP contribution < -0.4 is 10.5 Å². The molecular formula is C12H17NO. The van der Waals surface area contributed by atoms with Gasteiger partial charge in [0.1, 0.15) is 5.75 Å². The molecule has 2 N–H and O–H groups in total. The van der Waals surface area contributed by atoms with E-state index >= 15 is 0 Å². The van der Waals surface area contributed by atoms with Crippen molar-refractivity contribution in [3.05, 3.63) is 34.9 Å². The largest absolute Gasteiger partial charge is 0.496 e. The van der Waals surface area contributed by atoms with Crippen molar-refractivity contribution in [3.63, 3.8) is 0 Å². The van der Waals surface area contributed by atoms with Crippen LogP contribution in [-0.4, -0.2) is 13.7 Å². The summed E-state index contributed by atoms with van der Waals surface area (Å²) in [6.45, 7) is 4.68. The van der Waals surface area contributed by atoms with E-state index in [9.17, 15) is 0 Å². The summed E-state index contributed by atoms with van der Waals surface area (Å²) in [5, 5.41) is 0. The van der Waals surface area contributed by atoms with Crippen LogP contribution in [0.2, 0.25) is 0 Å². The van der Waals surface area contributed by atoms with Gasteiger partial charge in [0.2, 0.25) is 0 Å². The van der Waals surface area contributed by atoms with Crippen molar-refractivity contribution in [1.29, 1.82) is 0 Å². The molecule has 14 heavy (non-hydrogen) atoms. The number of nitrogens with two attached hydrogens (primary N) is 1. The lowest BCUT2D eigenvalue weighted by Crippen LogP contribution is -1.94. The van der Waals surface area contributed by atoms with Gasteiger partial charge in [0.25, 0.3) is 0 Å². The van der Waals surface area contributed by atoms with Gasteiger partial charge in [-0.2, -0.15) is 0 Å². The fraction of sp³-hybridized carbons (Fsp3) is 0.333. The Balaban J connectivity index is 3.08. The summed E-state index contributed by atoms with van der Waals surface area (Å²) in [6.07, 6.45) is 4.00. The Labute approximate surface area is 85.4 Å². The molecular weight excluding hydrogens is 174 g/mol. The molecule has 76 valence electrons. The molecule has 0 unspecified atom stereocenters. The van der Waals surface area contributed by atoms with E-state index in [1.807, 2.05) is 25.1 Å². The first-order valence-electron chi connectivity index (χ1n) is 4.71. The molecule has 0 radical (unpaired) electrons. The van der Waals surface area contributed by atoms with Gasteiger partial charge in [-0.15, -0.1) is 0 Å². The highest BCUT2D eigenvalue weighted by atomic mass is 16.5. The Morgan fingerprint density at radius 2 is 2.00 bits per heavy atom. The van der Waals surface area contributed by atoms with Crippen LogP contribution in [0.3, 0.4) is 0 Å². The maximum absolute atomic E-state index is 5.41. The van der Waals surface area contributed by atoms with Gasteiger partial charge >= 0.3 is 0 Å². The average Bonchev–Trinajstić information content (AvgIpc) is 2.18. The van der Waals surface area contributed by atoms with Crippen molar-refractivity contribution in [1.82, 2.24) is 0 Å². The van der Waals surface area contributed by atoms with E-state index in [1.165, 1.54) is 11.1 Å². The first kappa shape index (κ1) is 10.8. The predicted molar refractivity (Wildman–Crippen MR) is 60.6 cm³/mol. The first-order valence-corrected chi connectivity index (χ1v) is 4.71. The van der Waals surface area contributed by atoms with Gasteiger partial charge in [0.05, 0.1) is 7.11 Å². The fourth-order valence-electron chi connectivity index (χ4n) is 1.41. The predicted octanol–water partition coefficient (Wildman–Crippen LogP) is 2.28. The molecule has 0 heterocycles. The van der Waals surface area contributed by atoms with Crippen molar-refractivity contribution in [2.24, 2.45) is 5.73 Å². The summed E-state index contributed by atoms with van der Waals surface area (Å²) in [5.41, 5.74) is 8.97. The van der Waals surface area contributed by atoms with Crippen LogP contribution >= 0.6 is 0 Å². The molecule has 0 bridgehead atoms. The van der Waals surface area contributed by atoms with E-state index < -0.39 is 0 Å². The molecule has 0 aliphatic rings. The van der Waals surface area contributed by atoms with Crippen molar-refractivity contribution in [2.45, 2.75) is 13.8 Å². The second-order valence-electron chi connectivity index (χ2n) is 3.32. The van der Waals surface area contributed by atoms with Gasteiger partial charge in [0.15, 0.2) is 0 Å². The van der Waals surface area contributed by atoms with Gasteiger partial charge in [-0.3, -0.25) is 0 Å². The second kappa shape index (κ2) is 4.82. The Hall–Kier alpha value is -1.28. The minimum absolute atomic E-state index is 0.574. The van der Waals surface area contributed by atoms with E-state index in [4.69, 9.17) is 10.5 Å². The third-order valence-electron chi connectivity index (χ3n) is 2.22. The van der Waals surface area contributed by atoms with Crippen LogP contribution in [0.15, 0.2) is 18.2 Å². The van der Waals surface area contributed by atoms with Crippen LogP contribution in [0.4, 0.5) is 0 Å². The molecule has 1 rings (SSSR count). The SMILES string of the molecule is COc1cc(C)c(/C=C/CN)cc1C. The zero-order chi connectivity index (χ0) is 10.6. The maximum atomic E-state index is 5.41. The Morgan fingerprint density at radius 1 is 1.29 bits per heavy atom. The number of hydrogen-bond donors (Lipinski definition) is 1. The Bertz CT molecular complexity index is 342. The first-order chi connectivity index (χ1) is 6.69. The fourth-order valence-corrected chi connectivity index (χ4v) is 1.41. The summed E-state index contributed by atoms with van der Waals surface area (Å²) in [4.78, 5) is 0. The van der Waals surface area contributed by atoms with Crippen molar-refractivity contribution in [2.75, 3.05) is 13.7 Å². The topological polar surface area (TPSA) is 35.2 Å². The number of benzene rings is 1. The van der Waals surface area contributed by atoms with Gasteiger partial charge in [-0.05, 0) is 42.7 Å². The molecule has 1 aromatic rings. The second-order valence-corrected chi connectivity index (χ2v) is 3.32. The van der Waals surface area contributed by atoms with Crippen LogP contribution in [0.1, 0.15) is 16.7 Å². The molecule has 0 spiro atoms. The van der Waals surface area contributed by atoms with Gasteiger partial charge in [-0.1, -0.05) is 12.2 Å². The number of ether oxygens (including phenoxy) is 1. The molecule has 0 aromatic heterocycles. The third kappa shape index (κ3) is 2.36. The molecule has 1 aromatic carbocycles. The summed E-state index contributed by atoms with van der Waals surface area (Å²) in [7, 11) is 1.69. The van der Waals surface area contributed by atoms with E-state index in [1.54, 1.807) is 7.11 Å². The number of hydrogen-bond acceptors (Lipinski definition) is 2. The molecule has 0 amide bonds. The highest BCUT2D eigenvalue weighted by Crippen LogP contribution is 2.23. The van der Waals surface area contributed by atoms with Crippen LogP contribution in [-0.2, 0) is 0 Å². The lowest BCUT2D eigenvalue weighted by atomic mass is 10.0. The number of methoxy groups -OCH3 is 1. The number of aryl methyl sites for hydroxylation is 2. The maximum Gasteiger partial charge on any atom is 0.122 e. The monoisotopic (exact) mass is 191 g/mol. The Kier molecular flexibility index (Phi) is 3.72. The standard InChI is InChI=1S/C12H17NO/c1-9-8-12(14-3)10(2)7-11(9)5-4-6-13/h4-5,7-8H,6,13H2,1-3H3/b5-4+. The molecule has 0 saturated heterocycles. The van der Waals surface area contributed by atoms with Gasteiger partial charge in [0, 0.05) is 6.54 Å². The molecule has 2 nitrogen and oxygen atoms in total. The van der Waals surface area contributed by atoms with Crippen molar-refractivity contribution in [3.8, 4) is 5.75 Å². The minimum atomic E-state index is 0.574. The highest BCUT2D eigenvalue weighted by Gasteiger charge is 2.01. The van der Waals surface area contributed by atoms with E-state index in [-0.39, 0.29) is 0 Å². The van der Waals surface area contributed by atoms with Crippen LogP contribution in [0, 0.1) is 13.8 Å². The summed E-state index contributed by atoms with van der Waals surface area (Å²) < 4.78 is 5.24. The molecule has 2 heteroatoms. The summed E-state index contributed by atoms with van der Waals surface area (Å²) in [6, 6.07) is 4.16. The quantitative estimate of drug-likeness (QED) is 0.795. The molecule has 0 aliphatic carbocycles. The summed E-state index contributed by atoms with van der Waals surface area (Å²) >= 11 is 0. The minimum Gasteiger partial charge on any atom is -0.496 e.